The molecule has 0 heterocycles. The summed E-state index contributed by atoms with van der Waals surface area (Å²) in [4.78, 5) is 0. The summed E-state index contributed by atoms with van der Waals surface area (Å²) < 4.78 is 0. The number of hydrogen-bond donors (Lipinski definition) is 0. The molecule has 0 aliphatic rings. The van der Waals surface area contributed by atoms with E-state index in [1.54, 1.807) is 0 Å². The van der Waals surface area contributed by atoms with Gasteiger partial charge in [0, 0.05) is 0 Å². The van der Waals surface area contributed by atoms with Crippen LogP contribution in [-0.4, -0.2) is 17.7 Å². The summed E-state index contributed by atoms with van der Waals surface area (Å²) >= 11 is 0. The fourth-order valence-electron chi connectivity index (χ4n) is 0.876. The van der Waals surface area contributed by atoms with Gasteiger partial charge in [-0.3, -0.25) is 0 Å². The zero-order chi connectivity index (χ0) is 9.23. The summed E-state index contributed by atoms with van der Waals surface area (Å²) in [5.74, 6) is 0. The molecule has 0 aliphatic carbocycles. The van der Waals surface area contributed by atoms with Crippen LogP contribution < -0.4 is 0 Å². The van der Waals surface area contributed by atoms with E-state index in [4.69, 9.17) is 0 Å². The molecule has 0 bridgehead atoms. The molecule has 2 unspecified atom stereocenters. The highest BCUT2D eigenvalue weighted by Crippen LogP contribution is 2.34. The van der Waals surface area contributed by atoms with E-state index in [-0.39, 0.29) is 0 Å². The van der Waals surface area contributed by atoms with E-state index in [1.165, 1.54) is 25.2 Å². The Morgan fingerprint density at radius 2 is 1.50 bits per heavy atom. The van der Waals surface area contributed by atoms with Gasteiger partial charge in [-0.2, -0.15) is 0 Å². The van der Waals surface area contributed by atoms with Crippen LogP contribution in [0.4, 0.5) is 0 Å². The molecule has 0 amide bonds. The lowest BCUT2D eigenvalue weighted by Crippen LogP contribution is -1.87. The minimum absolute atomic E-state index is 0.935. The molecule has 0 nitrogen and oxygen atoms in total. The van der Waals surface area contributed by atoms with Gasteiger partial charge in [0.1, 0.15) is 0 Å². The molecule has 0 N–H and O–H groups in total. The summed E-state index contributed by atoms with van der Waals surface area (Å²) in [6.07, 6.45) is 9.10. The summed E-state index contributed by atoms with van der Waals surface area (Å²) in [6, 6.07) is 0. The van der Waals surface area contributed by atoms with E-state index >= 15 is 0 Å². The van der Waals surface area contributed by atoms with Crippen molar-refractivity contribution in [3.63, 3.8) is 0 Å². The maximum atomic E-state index is 3.73. The third-order valence-corrected chi connectivity index (χ3v) is 5.20. The largest absolute Gasteiger partial charge is 0.115 e. The van der Waals surface area contributed by atoms with Gasteiger partial charge >= 0.3 is 0 Å². The standard InChI is InChI=1S/C10H20P2/c1-4-6-8-11-10(3)12-9-7-5-2/h4-5,10-12H,1-2,6-9H2,3H3. The molecule has 0 saturated heterocycles. The SMILES string of the molecule is C=CCCPC(C)PCCC=C. The highest BCUT2D eigenvalue weighted by Gasteiger charge is 1.98. The van der Waals surface area contributed by atoms with Crippen molar-refractivity contribution in [3.05, 3.63) is 25.3 Å². The Labute approximate surface area is 80.5 Å². The van der Waals surface area contributed by atoms with Gasteiger partial charge in [-0.1, -0.05) is 19.1 Å². The van der Waals surface area contributed by atoms with E-state index in [1.807, 2.05) is 12.2 Å². The second-order valence-corrected chi connectivity index (χ2v) is 6.91. The smallest absolute Gasteiger partial charge is 0.00894 e. The average Bonchev–Trinajstić information content (AvgIpc) is 2.06. The molecule has 0 aromatic heterocycles. The molecule has 0 aromatic carbocycles. The topological polar surface area (TPSA) is 0 Å². The van der Waals surface area contributed by atoms with E-state index in [0.717, 1.165) is 22.6 Å². The van der Waals surface area contributed by atoms with Gasteiger partial charge in [-0.15, -0.1) is 30.3 Å². The zero-order valence-electron chi connectivity index (χ0n) is 7.97. The average molecular weight is 202 g/mol. The minimum atomic E-state index is 0.935. The molecule has 2 atom stereocenters. The van der Waals surface area contributed by atoms with Crippen LogP contribution in [0, 0.1) is 0 Å². The predicted octanol–water partition coefficient (Wildman–Crippen LogP) is 3.84. The van der Waals surface area contributed by atoms with Gasteiger partial charge in [0.15, 0.2) is 0 Å². The Hall–Kier alpha value is 0.340. The molecule has 0 aromatic rings. The summed E-state index contributed by atoms with van der Waals surface area (Å²) in [5.41, 5.74) is 0. The Kier molecular flexibility index (Phi) is 9.70. The lowest BCUT2D eigenvalue weighted by molar-refractivity contribution is 1.21. The van der Waals surface area contributed by atoms with Gasteiger partial charge in [-0.05, 0) is 30.6 Å². The highest BCUT2D eigenvalue weighted by atomic mass is 31.1. The van der Waals surface area contributed by atoms with Crippen LogP contribution in [0.15, 0.2) is 25.3 Å². The predicted molar refractivity (Wildman–Crippen MR) is 65.5 cm³/mol. The first-order valence-corrected chi connectivity index (χ1v) is 7.06. The number of rotatable bonds is 8. The normalized spacial score (nSPS) is 14.4. The maximum Gasteiger partial charge on any atom is -0.00894 e. The maximum absolute atomic E-state index is 3.73. The molecular weight excluding hydrogens is 182 g/mol. The van der Waals surface area contributed by atoms with Crippen molar-refractivity contribution in [3.8, 4) is 0 Å². The third-order valence-electron chi connectivity index (χ3n) is 1.60. The van der Waals surface area contributed by atoms with Crippen LogP contribution >= 0.6 is 17.2 Å². The second kappa shape index (κ2) is 9.43. The first-order valence-electron chi connectivity index (χ1n) is 4.49. The van der Waals surface area contributed by atoms with Crippen molar-refractivity contribution in [1.29, 1.82) is 0 Å². The highest BCUT2D eigenvalue weighted by molar-refractivity contribution is 7.57. The fourth-order valence-corrected chi connectivity index (χ4v) is 3.93. The van der Waals surface area contributed by atoms with Gasteiger partial charge in [0.25, 0.3) is 0 Å². The van der Waals surface area contributed by atoms with E-state index in [0.29, 0.717) is 0 Å². The van der Waals surface area contributed by atoms with Crippen molar-refractivity contribution in [1.82, 2.24) is 0 Å². The quantitative estimate of drug-likeness (QED) is 0.318. The Balaban J connectivity index is 3.14. The molecule has 2 heteroatoms. The number of allylic oxidation sites excluding steroid dienone is 2. The van der Waals surface area contributed by atoms with Crippen LogP contribution in [0.3, 0.4) is 0 Å². The molecule has 0 rings (SSSR count). The van der Waals surface area contributed by atoms with Crippen molar-refractivity contribution in [2.75, 3.05) is 12.3 Å². The van der Waals surface area contributed by atoms with Crippen LogP contribution in [-0.2, 0) is 0 Å². The molecule has 70 valence electrons. The Bertz CT molecular complexity index is 107. The molecule has 0 spiro atoms. The second-order valence-electron chi connectivity index (χ2n) is 2.78. The van der Waals surface area contributed by atoms with Crippen LogP contribution in [0.1, 0.15) is 19.8 Å². The van der Waals surface area contributed by atoms with Crippen LogP contribution in [0.25, 0.3) is 0 Å². The van der Waals surface area contributed by atoms with Crippen LogP contribution in [0.2, 0.25) is 0 Å². The van der Waals surface area contributed by atoms with Crippen molar-refractivity contribution in [2.45, 2.75) is 25.2 Å². The van der Waals surface area contributed by atoms with Crippen molar-refractivity contribution < 1.29 is 0 Å². The summed E-state index contributed by atoms with van der Waals surface area (Å²) in [6.45, 7) is 9.82. The van der Waals surface area contributed by atoms with Crippen molar-refractivity contribution >= 4 is 17.2 Å². The van der Waals surface area contributed by atoms with Gasteiger partial charge in [0.2, 0.25) is 0 Å². The van der Waals surface area contributed by atoms with Gasteiger partial charge in [-0.25, -0.2) is 0 Å². The molecular formula is C10H20P2. The van der Waals surface area contributed by atoms with Crippen molar-refractivity contribution in [2.24, 2.45) is 0 Å². The minimum Gasteiger partial charge on any atom is -0.115 e. The lowest BCUT2D eigenvalue weighted by Gasteiger charge is -2.09. The molecule has 0 saturated carbocycles. The van der Waals surface area contributed by atoms with E-state index in [2.05, 4.69) is 20.1 Å². The van der Waals surface area contributed by atoms with E-state index < -0.39 is 0 Å². The Morgan fingerprint density at radius 1 is 1.08 bits per heavy atom. The summed E-state index contributed by atoms with van der Waals surface area (Å²) in [5, 5.41) is 0.935. The zero-order valence-corrected chi connectivity index (χ0v) is 9.97. The van der Waals surface area contributed by atoms with E-state index in [9.17, 15) is 0 Å². The van der Waals surface area contributed by atoms with Crippen LogP contribution in [0.5, 0.6) is 0 Å². The fraction of sp³-hybridized carbons (Fsp3) is 0.600. The monoisotopic (exact) mass is 202 g/mol. The third kappa shape index (κ3) is 8.44. The molecule has 0 aliphatic heterocycles. The summed E-state index contributed by atoms with van der Waals surface area (Å²) in [7, 11) is 2.26. The molecule has 0 radical (unpaired) electrons. The first-order chi connectivity index (χ1) is 5.81. The molecule has 0 fully saturated rings. The number of hydrogen-bond acceptors (Lipinski definition) is 0. The van der Waals surface area contributed by atoms with Gasteiger partial charge in [0.05, 0.1) is 0 Å². The van der Waals surface area contributed by atoms with Gasteiger partial charge < -0.3 is 0 Å². The molecule has 12 heavy (non-hydrogen) atoms. The first kappa shape index (κ1) is 12.3. The Morgan fingerprint density at radius 3 is 1.83 bits per heavy atom. The lowest BCUT2D eigenvalue weighted by atomic mass is 10.5.